The van der Waals surface area contributed by atoms with Gasteiger partial charge in [0.1, 0.15) is 4.88 Å². The van der Waals surface area contributed by atoms with Gasteiger partial charge < -0.3 is 9.84 Å². The van der Waals surface area contributed by atoms with E-state index in [1.54, 1.807) is 11.4 Å². The molecule has 20 heavy (non-hydrogen) atoms. The van der Waals surface area contributed by atoms with Crippen molar-refractivity contribution in [3.63, 3.8) is 0 Å². The maximum absolute atomic E-state index is 12.4. The normalized spacial score (nSPS) is 12.4. The number of likely N-dealkylation sites (N-methyl/N-ethyl adjacent to an activating group) is 1. The molecule has 0 fully saturated rings. The quantitative estimate of drug-likeness (QED) is 0.812. The number of alkyl halides is 2. The standard InChI is InChI=1S/C11H13F2N3OS2.ClH/c1-6(14-2)5-8-15-10(17-16-8)9-7(3-4-18-9)19-11(12)13;/h3-4,6,11,14H,5H2,1-2H3;1H. The number of aromatic nitrogens is 2. The highest BCUT2D eigenvalue weighted by Gasteiger charge is 2.18. The molecule has 0 aliphatic heterocycles. The van der Waals surface area contributed by atoms with Crippen molar-refractivity contribution >= 4 is 35.5 Å². The first-order valence-electron chi connectivity index (χ1n) is 5.62. The van der Waals surface area contributed by atoms with Gasteiger partial charge in [-0.1, -0.05) is 16.9 Å². The highest BCUT2D eigenvalue weighted by Crippen LogP contribution is 2.37. The fraction of sp³-hybridized carbons (Fsp3) is 0.455. The minimum atomic E-state index is -2.46. The maximum Gasteiger partial charge on any atom is 0.288 e. The Bertz CT molecular complexity index is 535. The summed E-state index contributed by atoms with van der Waals surface area (Å²) >= 11 is 1.81. The maximum atomic E-state index is 12.4. The van der Waals surface area contributed by atoms with E-state index in [-0.39, 0.29) is 18.4 Å². The van der Waals surface area contributed by atoms with Crippen LogP contribution in [0.3, 0.4) is 0 Å². The molecule has 0 saturated carbocycles. The molecule has 0 spiro atoms. The zero-order chi connectivity index (χ0) is 13.8. The van der Waals surface area contributed by atoms with Crippen LogP contribution in [0.4, 0.5) is 8.78 Å². The van der Waals surface area contributed by atoms with Gasteiger partial charge >= 0.3 is 0 Å². The molecule has 9 heteroatoms. The van der Waals surface area contributed by atoms with Gasteiger partial charge in [-0.25, -0.2) is 0 Å². The van der Waals surface area contributed by atoms with Gasteiger partial charge in [-0.05, 0) is 25.4 Å². The van der Waals surface area contributed by atoms with Crippen LogP contribution >= 0.6 is 35.5 Å². The van der Waals surface area contributed by atoms with Gasteiger partial charge in [0.25, 0.3) is 11.6 Å². The molecular formula is C11H14ClF2N3OS2. The summed E-state index contributed by atoms with van der Waals surface area (Å²) in [6.07, 6.45) is 0.628. The van der Waals surface area contributed by atoms with Crippen LogP contribution in [0.2, 0.25) is 0 Å². The second kappa shape index (κ2) is 7.92. The largest absolute Gasteiger partial charge is 0.333 e. The molecule has 0 saturated heterocycles. The number of thiophene rings is 1. The molecule has 2 heterocycles. The van der Waals surface area contributed by atoms with Gasteiger partial charge in [-0.15, -0.1) is 23.7 Å². The first kappa shape index (κ1) is 17.4. The van der Waals surface area contributed by atoms with Gasteiger partial charge in [0.2, 0.25) is 0 Å². The molecule has 2 aromatic rings. The number of thioether (sulfide) groups is 1. The van der Waals surface area contributed by atoms with E-state index in [0.717, 1.165) is 0 Å². The van der Waals surface area contributed by atoms with Gasteiger partial charge in [0, 0.05) is 17.4 Å². The lowest BCUT2D eigenvalue weighted by Crippen LogP contribution is -2.24. The van der Waals surface area contributed by atoms with Gasteiger partial charge in [0.15, 0.2) is 5.82 Å². The molecule has 1 atom stereocenters. The molecule has 112 valence electrons. The fourth-order valence-corrected chi connectivity index (χ4v) is 3.06. The summed E-state index contributed by atoms with van der Waals surface area (Å²) in [7, 11) is 1.85. The molecule has 0 amide bonds. The second-order valence-corrected chi connectivity index (χ2v) is 5.85. The van der Waals surface area contributed by atoms with Crippen molar-refractivity contribution < 1.29 is 13.3 Å². The van der Waals surface area contributed by atoms with Crippen molar-refractivity contribution in [3.8, 4) is 10.8 Å². The Hall–Kier alpha value is -0.700. The number of hydrogen-bond donors (Lipinski definition) is 1. The minimum Gasteiger partial charge on any atom is -0.333 e. The van der Waals surface area contributed by atoms with Crippen LogP contribution in [0.15, 0.2) is 20.9 Å². The zero-order valence-corrected chi connectivity index (χ0v) is 13.2. The molecule has 1 N–H and O–H groups in total. The Labute approximate surface area is 129 Å². The molecule has 0 aliphatic rings. The van der Waals surface area contributed by atoms with Crippen molar-refractivity contribution in [1.82, 2.24) is 15.5 Å². The van der Waals surface area contributed by atoms with Crippen molar-refractivity contribution in [2.24, 2.45) is 0 Å². The van der Waals surface area contributed by atoms with E-state index in [2.05, 4.69) is 15.5 Å². The van der Waals surface area contributed by atoms with Crippen LogP contribution in [0.25, 0.3) is 10.8 Å². The van der Waals surface area contributed by atoms with Crippen LogP contribution in [0, 0.1) is 0 Å². The second-order valence-electron chi connectivity index (χ2n) is 3.90. The van der Waals surface area contributed by atoms with E-state index in [9.17, 15) is 8.78 Å². The smallest absolute Gasteiger partial charge is 0.288 e. The first-order chi connectivity index (χ1) is 9.10. The molecule has 0 aromatic carbocycles. The summed E-state index contributed by atoms with van der Waals surface area (Å²) in [6.45, 7) is 2.00. The summed E-state index contributed by atoms with van der Waals surface area (Å²) in [5, 5.41) is 8.67. The Kier molecular flexibility index (Phi) is 6.87. The SMILES string of the molecule is CNC(C)Cc1noc(-c2sccc2SC(F)F)n1.Cl. The Morgan fingerprint density at radius 2 is 2.25 bits per heavy atom. The van der Waals surface area contributed by atoms with Crippen molar-refractivity contribution in [2.75, 3.05) is 7.05 Å². The van der Waals surface area contributed by atoms with Crippen LogP contribution in [-0.2, 0) is 6.42 Å². The lowest BCUT2D eigenvalue weighted by molar-refractivity contribution is 0.252. The minimum absolute atomic E-state index is 0. The molecule has 0 radical (unpaired) electrons. The molecule has 0 aliphatic carbocycles. The topological polar surface area (TPSA) is 51.0 Å². The van der Waals surface area contributed by atoms with Gasteiger partial charge in [0.05, 0.1) is 0 Å². The third kappa shape index (κ3) is 4.41. The van der Waals surface area contributed by atoms with E-state index < -0.39 is 5.76 Å². The number of rotatable bonds is 6. The van der Waals surface area contributed by atoms with E-state index >= 15 is 0 Å². The van der Waals surface area contributed by atoms with E-state index in [4.69, 9.17) is 4.52 Å². The average molecular weight is 342 g/mol. The van der Waals surface area contributed by atoms with Gasteiger partial charge in [-0.3, -0.25) is 0 Å². The third-order valence-electron chi connectivity index (χ3n) is 2.49. The monoisotopic (exact) mass is 341 g/mol. The Balaban J connectivity index is 0.00000200. The van der Waals surface area contributed by atoms with Crippen LogP contribution in [-0.4, -0.2) is 29.0 Å². The zero-order valence-electron chi connectivity index (χ0n) is 10.8. The number of hydrogen-bond acceptors (Lipinski definition) is 6. The molecule has 2 aromatic heterocycles. The Morgan fingerprint density at radius 3 is 2.90 bits per heavy atom. The van der Waals surface area contributed by atoms with E-state index in [0.29, 0.717) is 39.7 Å². The molecule has 0 bridgehead atoms. The fourth-order valence-electron chi connectivity index (χ4n) is 1.45. The lowest BCUT2D eigenvalue weighted by atomic mass is 10.2. The van der Waals surface area contributed by atoms with Crippen molar-refractivity contribution in [1.29, 1.82) is 0 Å². The predicted octanol–water partition coefficient (Wildman–Crippen LogP) is 3.69. The van der Waals surface area contributed by atoms with E-state index in [1.165, 1.54) is 11.3 Å². The lowest BCUT2D eigenvalue weighted by Gasteiger charge is -2.04. The van der Waals surface area contributed by atoms with Gasteiger partial charge in [-0.2, -0.15) is 13.8 Å². The summed E-state index contributed by atoms with van der Waals surface area (Å²) in [5.74, 6) is -1.59. The summed E-state index contributed by atoms with van der Waals surface area (Å²) in [5.41, 5.74) is 0. The number of nitrogens with one attached hydrogen (secondary N) is 1. The van der Waals surface area contributed by atoms with E-state index in [1.807, 2.05) is 14.0 Å². The predicted molar refractivity (Wildman–Crippen MR) is 78.9 cm³/mol. The molecular weight excluding hydrogens is 328 g/mol. The van der Waals surface area contributed by atoms with Crippen LogP contribution < -0.4 is 5.32 Å². The van der Waals surface area contributed by atoms with Crippen molar-refractivity contribution in [3.05, 3.63) is 17.3 Å². The number of nitrogens with zero attached hydrogens (tertiary/aromatic N) is 2. The highest BCUT2D eigenvalue weighted by atomic mass is 35.5. The van der Waals surface area contributed by atoms with Crippen molar-refractivity contribution in [2.45, 2.75) is 30.0 Å². The third-order valence-corrected chi connectivity index (χ3v) is 4.29. The molecule has 4 nitrogen and oxygen atoms in total. The highest BCUT2D eigenvalue weighted by molar-refractivity contribution is 7.99. The summed E-state index contributed by atoms with van der Waals surface area (Å²) < 4.78 is 30.0. The molecule has 2 rings (SSSR count). The Morgan fingerprint density at radius 1 is 1.50 bits per heavy atom. The molecule has 1 unspecified atom stereocenters. The van der Waals surface area contributed by atoms with Crippen LogP contribution in [0.5, 0.6) is 0 Å². The number of halogens is 3. The average Bonchev–Trinajstić information content (AvgIpc) is 2.97. The summed E-state index contributed by atoms with van der Waals surface area (Å²) in [4.78, 5) is 5.31. The van der Waals surface area contributed by atoms with Crippen LogP contribution in [0.1, 0.15) is 12.7 Å². The first-order valence-corrected chi connectivity index (χ1v) is 7.38. The summed E-state index contributed by atoms with van der Waals surface area (Å²) in [6, 6.07) is 1.86.